The highest BCUT2D eigenvalue weighted by molar-refractivity contribution is 5.90. The molecular weight excluding hydrogens is 228 g/mol. The Morgan fingerprint density at radius 2 is 1.82 bits per heavy atom. The summed E-state index contributed by atoms with van der Waals surface area (Å²) in [4.78, 5) is 11.3. The van der Waals surface area contributed by atoms with Gasteiger partial charge in [0, 0.05) is 12.0 Å². The van der Waals surface area contributed by atoms with Crippen molar-refractivity contribution >= 4 is 5.97 Å². The van der Waals surface area contributed by atoms with Crippen LogP contribution in [0.5, 0.6) is 0 Å². The Kier molecular flexibility index (Phi) is 2.87. The fraction of sp³-hybridized carbons (Fsp3) is 0.727. The lowest BCUT2D eigenvalue weighted by Crippen LogP contribution is -2.56. The summed E-state index contributed by atoms with van der Waals surface area (Å²) in [5.74, 6) is -0.353. The number of carbonyl (C=O) groups excluding carboxylic acids is 1. The highest BCUT2D eigenvalue weighted by atomic mass is 16.8. The Bertz CT molecular complexity index is 323. The summed E-state index contributed by atoms with van der Waals surface area (Å²) in [6.45, 7) is 4.52. The maximum atomic E-state index is 11.3. The molecule has 3 heterocycles. The number of ether oxygens (including phenoxy) is 5. The van der Waals surface area contributed by atoms with Gasteiger partial charge in [0.1, 0.15) is 38.0 Å². The number of hydrogen-bond acceptors (Lipinski definition) is 6. The molecule has 3 rings (SSSR count). The zero-order valence-corrected chi connectivity index (χ0v) is 9.29. The second kappa shape index (κ2) is 4.38. The van der Waals surface area contributed by atoms with Crippen LogP contribution in [0.2, 0.25) is 0 Å². The molecule has 0 saturated carbocycles. The van der Waals surface area contributed by atoms with Crippen molar-refractivity contribution in [2.75, 3.05) is 20.2 Å². The quantitative estimate of drug-likeness (QED) is 0.475. The predicted octanol–water partition coefficient (Wildman–Crippen LogP) is -0.0275. The van der Waals surface area contributed by atoms with E-state index in [0.717, 1.165) is 0 Å². The lowest BCUT2D eigenvalue weighted by Gasteiger charge is -2.41. The van der Waals surface area contributed by atoms with Crippen LogP contribution in [0.3, 0.4) is 0 Å². The average molecular weight is 242 g/mol. The van der Waals surface area contributed by atoms with Crippen molar-refractivity contribution in [1.29, 1.82) is 0 Å². The van der Waals surface area contributed by atoms with Gasteiger partial charge >= 0.3 is 5.97 Å². The molecule has 6 heteroatoms. The Balaban J connectivity index is 1.73. The van der Waals surface area contributed by atoms with Crippen molar-refractivity contribution in [3.63, 3.8) is 0 Å². The van der Waals surface area contributed by atoms with E-state index in [2.05, 4.69) is 6.58 Å². The van der Waals surface area contributed by atoms with Gasteiger partial charge in [-0.1, -0.05) is 6.58 Å². The summed E-state index contributed by atoms with van der Waals surface area (Å²) in [5, 5.41) is 0. The number of hydrogen-bond donors (Lipinski definition) is 0. The molecule has 0 N–H and O–H groups in total. The number of rotatable bonds is 1. The van der Waals surface area contributed by atoms with Crippen LogP contribution in [0, 0.1) is 0 Å². The van der Waals surface area contributed by atoms with Crippen LogP contribution >= 0.6 is 0 Å². The van der Waals surface area contributed by atoms with Crippen LogP contribution in [0.25, 0.3) is 0 Å². The minimum Gasteiger partial charge on any atom is -0.456 e. The zero-order chi connectivity index (χ0) is 11.8. The van der Waals surface area contributed by atoms with Gasteiger partial charge in [0.15, 0.2) is 0 Å². The van der Waals surface area contributed by atoms with E-state index in [-0.39, 0.29) is 44.0 Å². The summed E-state index contributed by atoms with van der Waals surface area (Å²) < 4.78 is 26.8. The average Bonchev–Trinajstić information content (AvgIpc) is 2.69. The lowest BCUT2D eigenvalue weighted by atomic mass is 9.98. The van der Waals surface area contributed by atoms with E-state index in [0.29, 0.717) is 18.6 Å². The molecule has 4 atom stereocenters. The standard InChI is InChI=1S/C11H14O6/c1-6-2-7(17-11(6)12)9-10-8(14-5-16-9)3-13-4-15-10/h7-10H,1-5H2/t7-,8-,9+,10+/m1/s1. The topological polar surface area (TPSA) is 63.2 Å². The Labute approximate surface area is 98.4 Å². The number of fused-ring (bicyclic) bond motifs is 1. The van der Waals surface area contributed by atoms with Gasteiger partial charge in [0.25, 0.3) is 0 Å². The first-order chi connectivity index (χ1) is 8.25. The third-order valence-electron chi connectivity index (χ3n) is 3.22. The second-order valence-electron chi connectivity index (χ2n) is 4.33. The molecule has 6 nitrogen and oxygen atoms in total. The summed E-state index contributed by atoms with van der Waals surface area (Å²) in [5.41, 5.74) is 0.480. The largest absolute Gasteiger partial charge is 0.456 e. The van der Waals surface area contributed by atoms with E-state index in [1.165, 1.54) is 0 Å². The maximum absolute atomic E-state index is 11.3. The van der Waals surface area contributed by atoms with Crippen molar-refractivity contribution in [3.05, 3.63) is 12.2 Å². The van der Waals surface area contributed by atoms with Gasteiger partial charge in [-0.25, -0.2) is 4.79 Å². The summed E-state index contributed by atoms with van der Waals surface area (Å²) in [6.07, 6.45) is -0.557. The second-order valence-corrected chi connectivity index (χ2v) is 4.33. The highest BCUT2D eigenvalue weighted by Gasteiger charge is 2.46. The number of cyclic esters (lactones) is 1. The van der Waals surface area contributed by atoms with E-state index in [1.54, 1.807) is 0 Å². The predicted molar refractivity (Wildman–Crippen MR) is 53.9 cm³/mol. The third kappa shape index (κ3) is 1.97. The van der Waals surface area contributed by atoms with Gasteiger partial charge in [-0.05, 0) is 0 Å². The summed E-state index contributed by atoms with van der Waals surface area (Å²) >= 11 is 0. The first-order valence-electron chi connectivity index (χ1n) is 5.57. The molecule has 17 heavy (non-hydrogen) atoms. The molecule has 0 spiro atoms. The molecule has 0 aromatic rings. The normalized spacial score (nSPS) is 42.1. The van der Waals surface area contributed by atoms with Crippen LogP contribution in [0.15, 0.2) is 12.2 Å². The van der Waals surface area contributed by atoms with Crippen molar-refractivity contribution in [2.24, 2.45) is 0 Å². The van der Waals surface area contributed by atoms with Crippen molar-refractivity contribution < 1.29 is 28.5 Å². The van der Waals surface area contributed by atoms with E-state index in [9.17, 15) is 4.79 Å². The molecule has 0 radical (unpaired) electrons. The molecule has 0 amide bonds. The minimum atomic E-state index is -0.353. The van der Waals surface area contributed by atoms with Crippen LogP contribution in [-0.2, 0) is 28.5 Å². The van der Waals surface area contributed by atoms with Crippen LogP contribution in [0.4, 0.5) is 0 Å². The van der Waals surface area contributed by atoms with E-state index in [1.807, 2.05) is 0 Å². The smallest absolute Gasteiger partial charge is 0.333 e. The third-order valence-corrected chi connectivity index (χ3v) is 3.22. The maximum Gasteiger partial charge on any atom is 0.333 e. The zero-order valence-electron chi connectivity index (χ0n) is 9.29. The van der Waals surface area contributed by atoms with Crippen molar-refractivity contribution in [2.45, 2.75) is 30.8 Å². The van der Waals surface area contributed by atoms with Crippen molar-refractivity contribution in [1.82, 2.24) is 0 Å². The first-order valence-corrected chi connectivity index (χ1v) is 5.57. The fourth-order valence-electron chi connectivity index (χ4n) is 2.33. The van der Waals surface area contributed by atoms with Crippen LogP contribution in [0.1, 0.15) is 6.42 Å². The molecule has 3 aliphatic heterocycles. The minimum absolute atomic E-state index is 0.157. The molecule has 0 aromatic carbocycles. The molecule has 3 aliphatic rings. The molecule has 3 saturated heterocycles. The Morgan fingerprint density at radius 3 is 2.59 bits per heavy atom. The summed E-state index contributed by atoms with van der Waals surface area (Å²) in [7, 11) is 0. The number of esters is 1. The van der Waals surface area contributed by atoms with Crippen LogP contribution < -0.4 is 0 Å². The van der Waals surface area contributed by atoms with Gasteiger partial charge in [0.05, 0.1) is 6.61 Å². The van der Waals surface area contributed by atoms with E-state index >= 15 is 0 Å². The van der Waals surface area contributed by atoms with Gasteiger partial charge in [-0.15, -0.1) is 0 Å². The Hall–Kier alpha value is -0.950. The monoisotopic (exact) mass is 242 g/mol. The lowest BCUT2D eigenvalue weighted by molar-refractivity contribution is -0.312. The van der Waals surface area contributed by atoms with E-state index < -0.39 is 0 Å². The molecule has 0 bridgehead atoms. The van der Waals surface area contributed by atoms with Gasteiger partial charge in [-0.2, -0.15) is 0 Å². The number of carbonyl (C=O) groups is 1. The van der Waals surface area contributed by atoms with Crippen LogP contribution in [-0.4, -0.2) is 50.6 Å². The highest BCUT2D eigenvalue weighted by Crippen LogP contribution is 2.30. The van der Waals surface area contributed by atoms with Gasteiger partial charge in [-0.3, -0.25) is 0 Å². The van der Waals surface area contributed by atoms with E-state index in [4.69, 9.17) is 23.7 Å². The molecule has 94 valence electrons. The van der Waals surface area contributed by atoms with Gasteiger partial charge < -0.3 is 23.7 Å². The molecule has 0 aromatic heterocycles. The molecule has 0 aliphatic carbocycles. The molecular formula is C11H14O6. The Morgan fingerprint density at radius 1 is 1.06 bits per heavy atom. The molecule has 3 fully saturated rings. The molecule has 0 unspecified atom stereocenters. The first kappa shape index (κ1) is 11.2. The van der Waals surface area contributed by atoms with Gasteiger partial charge in [0.2, 0.25) is 0 Å². The fourth-order valence-corrected chi connectivity index (χ4v) is 2.33. The van der Waals surface area contributed by atoms with Crippen molar-refractivity contribution in [3.8, 4) is 0 Å². The summed E-state index contributed by atoms with van der Waals surface area (Å²) in [6, 6.07) is 0. The SMILES string of the molecule is C=C1C[C@H]([C@@H]2OCO[C@@H]3COCO[C@H]23)OC1=O.